The van der Waals surface area contributed by atoms with Gasteiger partial charge in [0.05, 0.1) is 18.5 Å². The van der Waals surface area contributed by atoms with Crippen LogP contribution in [-0.4, -0.2) is 49.8 Å². The van der Waals surface area contributed by atoms with E-state index in [1.54, 1.807) is 13.3 Å². The summed E-state index contributed by atoms with van der Waals surface area (Å²) in [5, 5.41) is 3.22. The molecule has 0 radical (unpaired) electrons. The standard InChI is InChI=1S/C26H35N6O5P/c1-17(26(33)34-19-9-5-3-6-10-19)31-38(37-20-11-7-4-8-12-20)36-18(2)21-13-14-22(35-21)32-16-30-23-24(27)28-15-29-25(23)32/h4,7-8,11-12,15-19,21-22,31H,3,5-6,9-10,13-14H2,1-2H3,(H2,27,28,29). The monoisotopic (exact) mass is 542 g/mol. The lowest BCUT2D eigenvalue weighted by molar-refractivity contribution is -0.152. The Kier molecular flexibility index (Phi) is 8.68. The van der Waals surface area contributed by atoms with Gasteiger partial charge in [0.25, 0.3) is 0 Å². The van der Waals surface area contributed by atoms with E-state index in [-0.39, 0.29) is 30.5 Å². The topological polar surface area (TPSA) is 136 Å². The summed E-state index contributed by atoms with van der Waals surface area (Å²) >= 11 is 0. The predicted molar refractivity (Wildman–Crippen MR) is 143 cm³/mol. The Hall–Kier alpha value is -2.85. The number of nitrogens with one attached hydrogen (secondary N) is 1. The van der Waals surface area contributed by atoms with Crippen molar-refractivity contribution in [3.05, 3.63) is 43.0 Å². The third-order valence-corrected chi connectivity index (χ3v) is 8.43. The van der Waals surface area contributed by atoms with Crippen LogP contribution in [0.3, 0.4) is 0 Å². The molecule has 11 nitrogen and oxygen atoms in total. The first-order valence-corrected chi connectivity index (χ1v) is 14.4. The molecule has 5 atom stereocenters. The SMILES string of the molecule is CC(NP(Oc1ccccc1)OC(C)C1CCC(n2cnc3c(N)ncnc32)O1)C(=O)OC1CCCCC1. The first kappa shape index (κ1) is 26.7. The minimum absolute atomic E-state index is 0.00897. The van der Waals surface area contributed by atoms with Gasteiger partial charge in [-0.25, -0.2) is 20.0 Å². The number of imidazole rings is 1. The lowest BCUT2D eigenvalue weighted by Gasteiger charge is -2.28. The largest absolute Gasteiger partial charge is 0.461 e. The molecule has 1 saturated heterocycles. The van der Waals surface area contributed by atoms with Crippen molar-refractivity contribution in [2.45, 2.75) is 89.4 Å². The number of rotatable bonds is 10. The van der Waals surface area contributed by atoms with Gasteiger partial charge < -0.3 is 24.3 Å². The number of nitrogens with zero attached hydrogens (tertiary/aromatic N) is 4. The quantitative estimate of drug-likeness (QED) is 0.275. The number of nitrogens with two attached hydrogens (primary N) is 1. The Labute approximate surface area is 223 Å². The third kappa shape index (κ3) is 6.40. The van der Waals surface area contributed by atoms with E-state index in [0.29, 0.717) is 22.7 Å². The van der Waals surface area contributed by atoms with Crippen LogP contribution in [-0.2, 0) is 18.8 Å². The van der Waals surface area contributed by atoms with E-state index in [2.05, 4.69) is 20.0 Å². The van der Waals surface area contributed by atoms with E-state index in [4.69, 9.17) is 24.3 Å². The number of ether oxygens (including phenoxy) is 2. The number of fused-ring (bicyclic) bond motifs is 1. The van der Waals surface area contributed by atoms with Crippen molar-refractivity contribution in [2.24, 2.45) is 0 Å². The van der Waals surface area contributed by atoms with Crippen LogP contribution in [0, 0.1) is 0 Å². The first-order chi connectivity index (χ1) is 18.5. The maximum Gasteiger partial charge on any atom is 0.323 e. The number of esters is 1. The minimum Gasteiger partial charge on any atom is -0.461 e. The first-order valence-electron chi connectivity index (χ1n) is 13.2. The average Bonchev–Trinajstić information content (AvgIpc) is 3.58. The van der Waals surface area contributed by atoms with Crippen LogP contribution in [0.4, 0.5) is 5.82 Å². The number of carbonyl (C=O) groups excluding carboxylic acids is 1. The molecule has 204 valence electrons. The fourth-order valence-electron chi connectivity index (χ4n) is 4.81. The van der Waals surface area contributed by atoms with E-state index >= 15 is 0 Å². The number of aromatic nitrogens is 4. The van der Waals surface area contributed by atoms with E-state index in [1.807, 2.05) is 41.8 Å². The summed E-state index contributed by atoms with van der Waals surface area (Å²) in [5.41, 5.74) is 7.13. The van der Waals surface area contributed by atoms with Gasteiger partial charge in [0, 0.05) is 0 Å². The van der Waals surface area contributed by atoms with Gasteiger partial charge in [-0.2, -0.15) is 0 Å². The smallest absolute Gasteiger partial charge is 0.323 e. The minimum atomic E-state index is -1.67. The summed E-state index contributed by atoms with van der Waals surface area (Å²) < 4.78 is 26.5. The van der Waals surface area contributed by atoms with E-state index in [0.717, 1.165) is 38.5 Å². The Bertz CT molecular complexity index is 1210. The molecular weight excluding hydrogens is 507 g/mol. The predicted octanol–water partition coefficient (Wildman–Crippen LogP) is 4.65. The maximum absolute atomic E-state index is 12.8. The second kappa shape index (κ2) is 12.3. The van der Waals surface area contributed by atoms with Gasteiger partial charge in [-0.15, -0.1) is 0 Å². The van der Waals surface area contributed by atoms with Crippen LogP contribution in [0.5, 0.6) is 5.75 Å². The molecule has 1 aromatic carbocycles. The number of benzene rings is 1. The molecule has 38 heavy (non-hydrogen) atoms. The summed E-state index contributed by atoms with van der Waals surface area (Å²) in [6, 6.07) is 8.83. The Morgan fingerprint density at radius 1 is 1.11 bits per heavy atom. The van der Waals surface area contributed by atoms with E-state index in [1.165, 1.54) is 12.7 Å². The highest BCUT2D eigenvalue weighted by molar-refractivity contribution is 7.45. The molecule has 1 aliphatic carbocycles. The van der Waals surface area contributed by atoms with Crippen LogP contribution in [0.15, 0.2) is 43.0 Å². The maximum atomic E-state index is 12.8. The summed E-state index contributed by atoms with van der Waals surface area (Å²) in [4.78, 5) is 25.5. The molecule has 0 bridgehead atoms. The summed E-state index contributed by atoms with van der Waals surface area (Å²) in [6.45, 7) is 3.73. The van der Waals surface area contributed by atoms with Crippen molar-refractivity contribution in [3.8, 4) is 5.75 Å². The fraction of sp³-hybridized carbons (Fsp3) is 0.538. The lowest BCUT2D eigenvalue weighted by atomic mass is 9.98. The fourth-order valence-corrected chi connectivity index (χ4v) is 6.14. The van der Waals surface area contributed by atoms with Gasteiger partial charge in [-0.05, 0) is 64.5 Å². The van der Waals surface area contributed by atoms with Crippen molar-refractivity contribution in [1.82, 2.24) is 24.6 Å². The highest BCUT2D eigenvalue weighted by Crippen LogP contribution is 2.41. The van der Waals surface area contributed by atoms with Crippen LogP contribution >= 0.6 is 8.53 Å². The molecule has 3 heterocycles. The second-order valence-electron chi connectivity index (χ2n) is 9.81. The number of anilines is 1. The normalized spacial score (nSPS) is 22.7. The molecule has 3 aromatic rings. The molecule has 5 rings (SSSR count). The number of para-hydroxylation sites is 1. The van der Waals surface area contributed by atoms with Gasteiger partial charge in [0.2, 0.25) is 0 Å². The van der Waals surface area contributed by atoms with E-state index < -0.39 is 14.6 Å². The summed E-state index contributed by atoms with van der Waals surface area (Å²) in [7, 11) is -1.67. The Morgan fingerprint density at radius 2 is 1.89 bits per heavy atom. The van der Waals surface area contributed by atoms with Crippen LogP contribution in [0.1, 0.15) is 65.0 Å². The highest BCUT2D eigenvalue weighted by atomic mass is 31.2. The second-order valence-corrected chi connectivity index (χ2v) is 11.0. The van der Waals surface area contributed by atoms with Gasteiger partial charge in [-0.1, -0.05) is 24.6 Å². The van der Waals surface area contributed by atoms with E-state index in [9.17, 15) is 4.79 Å². The average molecular weight is 543 g/mol. The zero-order valence-corrected chi connectivity index (χ0v) is 22.6. The molecule has 2 aromatic heterocycles. The van der Waals surface area contributed by atoms with Gasteiger partial charge in [0.15, 0.2) is 11.5 Å². The lowest BCUT2D eigenvalue weighted by Crippen LogP contribution is -2.37. The number of nitrogen functional groups attached to an aromatic ring is 1. The van der Waals surface area contributed by atoms with Gasteiger partial charge in [-0.3, -0.25) is 9.36 Å². The molecule has 2 fully saturated rings. The summed E-state index contributed by atoms with van der Waals surface area (Å²) in [6.07, 6.45) is 9.15. The van der Waals surface area contributed by atoms with Gasteiger partial charge in [0.1, 0.15) is 36.0 Å². The Balaban J connectivity index is 1.22. The van der Waals surface area contributed by atoms with Gasteiger partial charge >= 0.3 is 14.5 Å². The van der Waals surface area contributed by atoms with Crippen molar-refractivity contribution in [1.29, 1.82) is 0 Å². The molecule has 2 aliphatic rings. The van der Waals surface area contributed by atoms with Crippen molar-refractivity contribution < 1.29 is 23.3 Å². The molecule has 3 N–H and O–H groups in total. The zero-order valence-electron chi connectivity index (χ0n) is 21.7. The van der Waals surface area contributed by atoms with Crippen molar-refractivity contribution in [3.63, 3.8) is 0 Å². The summed E-state index contributed by atoms with van der Waals surface area (Å²) in [5.74, 6) is 0.701. The Morgan fingerprint density at radius 3 is 2.68 bits per heavy atom. The molecule has 0 spiro atoms. The number of carbonyl (C=O) groups is 1. The molecule has 0 amide bonds. The third-order valence-electron chi connectivity index (χ3n) is 6.93. The van der Waals surface area contributed by atoms with Crippen molar-refractivity contribution in [2.75, 3.05) is 5.73 Å². The molecular formula is C26H35N6O5P. The highest BCUT2D eigenvalue weighted by Gasteiger charge is 2.35. The molecule has 1 aliphatic heterocycles. The molecule has 12 heteroatoms. The number of hydrogen-bond donors (Lipinski definition) is 2. The number of hydrogen-bond acceptors (Lipinski definition) is 10. The molecule has 1 saturated carbocycles. The van der Waals surface area contributed by atoms with Crippen LogP contribution in [0.2, 0.25) is 0 Å². The van der Waals surface area contributed by atoms with Crippen molar-refractivity contribution >= 4 is 31.5 Å². The zero-order chi connectivity index (χ0) is 26.5. The van der Waals surface area contributed by atoms with Crippen LogP contribution < -0.4 is 15.3 Å². The van der Waals surface area contributed by atoms with Crippen LogP contribution in [0.25, 0.3) is 11.2 Å². The molecule has 5 unspecified atom stereocenters.